The summed E-state index contributed by atoms with van der Waals surface area (Å²) in [4.78, 5) is 12.3. The maximum Gasteiger partial charge on any atom is 0.269 e. The number of hydrogen-bond acceptors (Lipinski definition) is 3. The average molecular weight is 335 g/mol. The number of aromatic amines is 1. The molecule has 1 atom stereocenters. The number of aromatic nitrogens is 2. The number of methoxy groups -OCH3 is 1. The molecule has 0 spiro atoms. The standard InChI is InChI=1S/C20H21N3O2/c1-14(15-6-4-3-5-7-15)13-21-20(24)19-12-18(22-23-19)16-8-10-17(25-2)11-9-16/h3-12,14H,13H2,1-2H3,(H,21,24)(H,22,23)/t14-/m1/s1. The minimum absolute atomic E-state index is 0.157. The van der Waals surface area contributed by atoms with Gasteiger partial charge in [-0.3, -0.25) is 9.89 Å². The molecular formula is C20H21N3O2. The van der Waals surface area contributed by atoms with Crippen molar-refractivity contribution < 1.29 is 9.53 Å². The van der Waals surface area contributed by atoms with Gasteiger partial charge in [-0.15, -0.1) is 0 Å². The summed E-state index contributed by atoms with van der Waals surface area (Å²) in [5.41, 5.74) is 3.30. The highest BCUT2D eigenvalue weighted by Gasteiger charge is 2.13. The summed E-state index contributed by atoms with van der Waals surface area (Å²) in [6, 6.07) is 19.4. The van der Waals surface area contributed by atoms with Gasteiger partial charge in [0.25, 0.3) is 5.91 Å². The predicted octanol–water partition coefficient (Wildman–Crippen LogP) is 3.62. The fourth-order valence-electron chi connectivity index (χ4n) is 2.59. The summed E-state index contributed by atoms with van der Waals surface area (Å²) in [5, 5.41) is 9.97. The van der Waals surface area contributed by atoms with Crippen LogP contribution in [-0.2, 0) is 0 Å². The second-order valence-electron chi connectivity index (χ2n) is 5.92. The van der Waals surface area contributed by atoms with Crippen LogP contribution in [0.5, 0.6) is 5.75 Å². The molecule has 0 saturated carbocycles. The summed E-state index contributed by atoms with van der Waals surface area (Å²) in [6.45, 7) is 2.66. The van der Waals surface area contributed by atoms with E-state index >= 15 is 0 Å². The van der Waals surface area contributed by atoms with Crippen LogP contribution in [0.1, 0.15) is 28.9 Å². The molecule has 0 aliphatic rings. The highest BCUT2D eigenvalue weighted by molar-refractivity contribution is 5.93. The van der Waals surface area contributed by atoms with Gasteiger partial charge in [-0.25, -0.2) is 0 Å². The summed E-state index contributed by atoms with van der Waals surface area (Å²) < 4.78 is 5.15. The van der Waals surface area contributed by atoms with Gasteiger partial charge in [-0.1, -0.05) is 37.3 Å². The Morgan fingerprint density at radius 3 is 2.56 bits per heavy atom. The van der Waals surface area contributed by atoms with Gasteiger partial charge in [0, 0.05) is 12.1 Å². The lowest BCUT2D eigenvalue weighted by atomic mass is 10.0. The molecule has 25 heavy (non-hydrogen) atoms. The van der Waals surface area contributed by atoms with Crippen LogP contribution >= 0.6 is 0 Å². The van der Waals surface area contributed by atoms with E-state index in [-0.39, 0.29) is 11.8 Å². The van der Waals surface area contributed by atoms with Crippen molar-refractivity contribution in [3.63, 3.8) is 0 Å². The first-order valence-corrected chi connectivity index (χ1v) is 8.20. The van der Waals surface area contributed by atoms with Gasteiger partial charge >= 0.3 is 0 Å². The number of amides is 1. The van der Waals surface area contributed by atoms with Crippen molar-refractivity contribution in [3.05, 3.63) is 71.9 Å². The van der Waals surface area contributed by atoms with E-state index in [2.05, 4.69) is 34.6 Å². The molecule has 1 heterocycles. The number of nitrogens with zero attached hydrogens (tertiary/aromatic N) is 1. The molecular weight excluding hydrogens is 314 g/mol. The minimum atomic E-state index is -0.157. The summed E-state index contributed by atoms with van der Waals surface area (Å²) in [7, 11) is 1.63. The maximum absolute atomic E-state index is 12.3. The zero-order valence-corrected chi connectivity index (χ0v) is 14.3. The Bertz CT molecular complexity index is 826. The van der Waals surface area contributed by atoms with Crippen LogP contribution in [0.25, 0.3) is 11.3 Å². The molecule has 0 unspecified atom stereocenters. The summed E-state index contributed by atoms with van der Waals surface area (Å²) >= 11 is 0. The van der Waals surface area contributed by atoms with Crippen LogP contribution in [0.2, 0.25) is 0 Å². The number of hydrogen-bond donors (Lipinski definition) is 2. The van der Waals surface area contributed by atoms with Crippen molar-refractivity contribution >= 4 is 5.91 Å². The summed E-state index contributed by atoms with van der Waals surface area (Å²) in [5.74, 6) is 0.872. The number of ether oxygens (including phenoxy) is 1. The van der Waals surface area contributed by atoms with Crippen molar-refractivity contribution in [2.45, 2.75) is 12.8 Å². The van der Waals surface area contributed by atoms with E-state index in [9.17, 15) is 4.79 Å². The van der Waals surface area contributed by atoms with E-state index in [1.165, 1.54) is 5.56 Å². The van der Waals surface area contributed by atoms with E-state index in [1.54, 1.807) is 13.2 Å². The number of carbonyl (C=O) groups is 1. The van der Waals surface area contributed by atoms with Crippen LogP contribution in [0.15, 0.2) is 60.7 Å². The van der Waals surface area contributed by atoms with Crippen LogP contribution in [0.3, 0.4) is 0 Å². The molecule has 0 aliphatic carbocycles. The third kappa shape index (κ3) is 4.07. The van der Waals surface area contributed by atoms with Gasteiger partial charge < -0.3 is 10.1 Å². The van der Waals surface area contributed by atoms with Crippen molar-refractivity contribution in [1.29, 1.82) is 0 Å². The van der Waals surface area contributed by atoms with Crippen molar-refractivity contribution in [1.82, 2.24) is 15.5 Å². The molecule has 0 saturated heterocycles. The molecule has 0 aliphatic heterocycles. The van der Waals surface area contributed by atoms with Gasteiger partial charge in [0.1, 0.15) is 11.4 Å². The van der Waals surface area contributed by atoms with E-state index in [0.29, 0.717) is 12.2 Å². The molecule has 5 nitrogen and oxygen atoms in total. The zero-order chi connectivity index (χ0) is 17.6. The highest BCUT2D eigenvalue weighted by atomic mass is 16.5. The molecule has 128 valence electrons. The molecule has 2 N–H and O–H groups in total. The molecule has 0 fully saturated rings. The quantitative estimate of drug-likeness (QED) is 0.723. The Hall–Kier alpha value is -3.08. The predicted molar refractivity (Wildman–Crippen MR) is 97.8 cm³/mol. The zero-order valence-electron chi connectivity index (χ0n) is 14.3. The second-order valence-corrected chi connectivity index (χ2v) is 5.92. The SMILES string of the molecule is COc1ccc(-c2cc(C(=O)NC[C@@H](C)c3ccccc3)[nH]n2)cc1. The normalized spacial score (nSPS) is 11.8. The molecule has 5 heteroatoms. The van der Waals surface area contributed by atoms with Crippen LogP contribution in [-0.4, -0.2) is 29.8 Å². The van der Waals surface area contributed by atoms with E-state index in [4.69, 9.17) is 4.74 Å². The van der Waals surface area contributed by atoms with Crippen molar-refractivity contribution in [3.8, 4) is 17.0 Å². The molecule has 1 amide bonds. The fraction of sp³-hybridized carbons (Fsp3) is 0.200. The van der Waals surface area contributed by atoms with E-state index < -0.39 is 0 Å². The van der Waals surface area contributed by atoms with Gasteiger partial charge in [-0.05, 0) is 41.8 Å². The van der Waals surface area contributed by atoms with Gasteiger partial charge in [0.2, 0.25) is 0 Å². The van der Waals surface area contributed by atoms with E-state index in [0.717, 1.165) is 17.0 Å². The number of rotatable bonds is 6. The topological polar surface area (TPSA) is 67.0 Å². The number of benzene rings is 2. The van der Waals surface area contributed by atoms with Gasteiger partial charge in [0.05, 0.1) is 12.8 Å². The van der Waals surface area contributed by atoms with Crippen molar-refractivity contribution in [2.24, 2.45) is 0 Å². The molecule has 3 aromatic rings. The first-order valence-electron chi connectivity index (χ1n) is 8.20. The van der Waals surface area contributed by atoms with Crippen LogP contribution < -0.4 is 10.1 Å². The number of nitrogens with one attached hydrogen (secondary N) is 2. The Balaban J connectivity index is 1.62. The Labute approximate surface area is 147 Å². The Morgan fingerprint density at radius 2 is 1.88 bits per heavy atom. The first-order chi connectivity index (χ1) is 12.2. The minimum Gasteiger partial charge on any atom is -0.497 e. The molecule has 2 aromatic carbocycles. The van der Waals surface area contributed by atoms with Gasteiger partial charge in [0.15, 0.2) is 0 Å². The fourth-order valence-corrected chi connectivity index (χ4v) is 2.59. The summed E-state index contributed by atoms with van der Waals surface area (Å²) in [6.07, 6.45) is 0. The first kappa shape index (κ1) is 16.8. The average Bonchev–Trinajstić information content (AvgIpc) is 3.17. The smallest absolute Gasteiger partial charge is 0.269 e. The third-order valence-electron chi connectivity index (χ3n) is 4.15. The lowest BCUT2D eigenvalue weighted by molar-refractivity contribution is 0.0946. The Morgan fingerprint density at radius 1 is 1.16 bits per heavy atom. The monoisotopic (exact) mass is 335 g/mol. The van der Waals surface area contributed by atoms with Gasteiger partial charge in [-0.2, -0.15) is 5.10 Å². The lowest BCUT2D eigenvalue weighted by Gasteiger charge is -2.12. The Kier molecular flexibility index (Phi) is 5.14. The maximum atomic E-state index is 12.3. The molecule has 0 radical (unpaired) electrons. The second kappa shape index (κ2) is 7.66. The van der Waals surface area contributed by atoms with Crippen LogP contribution in [0, 0.1) is 0 Å². The van der Waals surface area contributed by atoms with Crippen LogP contribution in [0.4, 0.5) is 0 Å². The number of H-pyrrole nitrogens is 1. The third-order valence-corrected chi connectivity index (χ3v) is 4.15. The van der Waals surface area contributed by atoms with Crippen molar-refractivity contribution in [2.75, 3.05) is 13.7 Å². The molecule has 3 rings (SSSR count). The lowest BCUT2D eigenvalue weighted by Crippen LogP contribution is -2.27. The molecule has 0 bridgehead atoms. The largest absolute Gasteiger partial charge is 0.497 e. The molecule has 1 aromatic heterocycles. The van der Waals surface area contributed by atoms with E-state index in [1.807, 2.05) is 42.5 Å². The number of carbonyl (C=O) groups excluding carboxylic acids is 1. The highest BCUT2D eigenvalue weighted by Crippen LogP contribution is 2.21.